The lowest BCUT2D eigenvalue weighted by atomic mass is 10.1. The second kappa shape index (κ2) is 6.02. The van der Waals surface area contributed by atoms with E-state index in [1.807, 2.05) is 0 Å². The van der Waals surface area contributed by atoms with Gasteiger partial charge in [-0.3, -0.25) is 4.79 Å². The van der Waals surface area contributed by atoms with E-state index in [0.29, 0.717) is 17.0 Å². The molecule has 4 nitrogen and oxygen atoms in total. The van der Waals surface area contributed by atoms with Crippen molar-refractivity contribution in [2.75, 3.05) is 19.6 Å². The predicted octanol–water partition coefficient (Wildman–Crippen LogP) is 2.08. The molecule has 2 rings (SSSR count). The van der Waals surface area contributed by atoms with E-state index in [1.165, 1.54) is 5.57 Å². The van der Waals surface area contributed by atoms with E-state index in [1.54, 1.807) is 12.1 Å². The Morgan fingerprint density at radius 1 is 1.53 bits per heavy atom. The van der Waals surface area contributed by atoms with Gasteiger partial charge in [0.25, 0.3) is 5.91 Å². The summed E-state index contributed by atoms with van der Waals surface area (Å²) in [6, 6.07) is 3.37. The van der Waals surface area contributed by atoms with Crippen LogP contribution in [-0.4, -0.2) is 25.5 Å². The monoisotopic (exact) mass is 298 g/mol. The van der Waals surface area contributed by atoms with Crippen LogP contribution in [0.1, 0.15) is 23.4 Å². The molecular weight excluding hydrogens is 284 g/mol. The van der Waals surface area contributed by atoms with E-state index in [2.05, 4.69) is 32.6 Å². The first-order chi connectivity index (χ1) is 8.25. The summed E-state index contributed by atoms with van der Waals surface area (Å²) >= 11 is 3.17. The maximum absolute atomic E-state index is 11.6. The Labute approximate surface area is 109 Å². The molecule has 2 N–H and O–H groups in total. The molecule has 1 amide bonds. The maximum atomic E-state index is 11.6. The van der Waals surface area contributed by atoms with Crippen LogP contribution in [0.2, 0.25) is 0 Å². The van der Waals surface area contributed by atoms with Gasteiger partial charge < -0.3 is 15.1 Å². The van der Waals surface area contributed by atoms with Crippen LogP contribution in [0.25, 0.3) is 0 Å². The highest BCUT2D eigenvalue weighted by atomic mass is 79.9. The van der Waals surface area contributed by atoms with Crippen molar-refractivity contribution in [3.05, 3.63) is 34.2 Å². The number of hydrogen-bond donors (Lipinski definition) is 2. The van der Waals surface area contributed by atoms with Gasteiger partial charge in [0, 0.05) is 13.1 Å². The van der Waals surface area contributed by atoms with Gasteiger partial charge in [-0.15, -0.1) is 0 Å². The normalized spacial score (nSPS) is 15.5. The molecule has 5 heteroatoms. The smallest absolute Gasteiger partial charge is 0.287 e. The molecule has 1 aliphatic rings. The van der Waals surface area contributed by atoms with Crippen LogP contribution in [0.3, 0.4) is 0 Å². The molecule has 0 radical (unpaired) electrons. The molecule has 0 spiro atoms. The van der Waals surface area contributed by atoms with Crippen molar-refractivity contribution in [2.24, 2.45) is 0 Å². The first-order valence-corrected chi connectivity index (χ1v) is 6.47. The van der Waals surface area contributed by atoms with E-state index >= 15 is 0 Å². The number of amides is 1. The highest BCUT2D eigenvalue weighted by Gasteiger charge is 2.10. The molecule has 0 bridgehead atoms. The van der Waals surface area contributed by atoms with Crippen molar-refractivity contribution in [3.8, 4) is 0 Å². The van der Waals surface area contributed by atoms with Gasteiger partial charge in [0.2, 0.25) is 0 Å². The fourth-order valence-electron chi connectivity index (χ4n) is 1.76. The van der Waals surface area contributed by atoms with Gasteiger partial charge in [0.15, 0.2) is 10.4 Å². The van der Waals surface area contributed by atoms with E-state index < -0.39 is 0 Å². The summed E-state index contributed by atoms with van der Waals surface area (Å²) in [7, 11) is 0. The minimum atomic E-state index is -0.162. The third-order valence-electron chi connectivity index (χ3n) is 2.69. The van der Waals surface area contributed by atoms with E-state index in [0.717, 1.165) is 25.9 Å². The van der Waals surface area contributed by atoms with Crippen molar-refractivity contribution in [1.29, 1.82) is 0 Å². The van der Waals surface area contributed by atoms with E-state index in [9.17, 15) is 4.79 Å². The number of nitrogens with one attached hydrogen (secondary N) is 2. The zero-order valence-corrected chi connectivity index (χ0v) is 11.0. The van der Waals surface area contributed by atoms with Crippen LogP contribution < -0.4 is 10.6 Å². The number of halogens is 1. The minimum absolute atomic E-state index is 0.162. The van der Waals surface area contributed by atoms with Gasteiger partial charge in [0.05, 0.1) is 0 Å². The molecule has 17 heavy (non-hydrogen) atoms. The van der Waals surface area contributed by atoms with Gasteiger partial charge in [-0.2, -0.15) is 0 Å². The summed E-state index contributed by atoms with van der Waals surface area (Å²) in [6.07, 6.45) is 4.18. The standard InChI is InChI=1S/C12H15BrN2O2/c13-11-2-1-10(17-11)12(16)15-8-5-9-3-6-14-7-4-9/h1-3,14H,4-8H2,(H,15,16). The van der Waals surface area contributed by atoms with Crippen LogP contribution in [0.15, 0.2) is 32.9 Å². The summed E-state index contributed by atoms with van der Waals surface area (Å²) < 4.78 is 5.74. The predicted molar refractivity (Wildman–Crippen MR) is 68.9 cm³/mol. The molecule has 0 fully saturated rings. The Hall–Kier alpha value is -1.07. The first-order valence-electron chi connectivity index (χ1n) is 5.68. The number of rotatable bonds is 4. The average Bonchev–Trinajstić information content (AvgIpc) is 2.77. The third-order valence-corrected chi connectivity index (χ3v) is 3.11. The highest BCUT2D eigenvalue weighted by Crippen LogP contribution is 2.14. The summed E-state index contributed by atoms with van der Waals surface area (Å²) in [5.41, 5.74) is 1.41. The van der Waals surface area contributed by atoms with Gasteiger partial charge in [-0.25, -0.2) is 0 Å². The van der Waals surface area contributed by atoms with Gasteiger partial charge in [-0.05, 0) is 47.4 Å². The van der Waals surface area contributed by atoms with Crippen LogP contribution in [0.4, 0.5) is 0 Å². The molecule has 0 saturated heterocycles. The Morgan fingerprint density at radius 3 is 3.06 bits per heavy atom. The lowest BCUT2D eigenvalue weighted by Crippen LogP contribution is -2.26. The zero-order chi connectivity index (χ0) is 12.1. The molecule has 1 aromatic rings. The van der Waals surface area contributed by atoms with Gasteiger partial charge in [0.1, 0.15) is 0 Å². The molecule has 2 heterocycles. The fourth-order valence-corrected chi connectivity index (χ4v) is 2.06. The number of hydrogen-bond acceptors (Lipinski definition) is 3. The Balaban J connectivity index is 1.75. The number of carbonyl (C=O) groups excluding carboxylic acids is 1. The maximum Gasteiger partial charge on any atom is 0.287 e. The Kier molecular flexibility index (Phi) is 4.39. The van der Waals surface area contributed by atoms with Crippen LogP contribution in [0, 0.1) is 0 Å². The zero-order valence-electron chi connectivity index (χ0n) is 9.46. The molecule has 0 saturated carbocycles. The molecular formula is C12H15BrN2O2. The average molecular weight is 299 g/mol. The second-order valence-corrected chi connectivity index (χ2v) is 4.71. The van der Waals surface area contributed by atoms with Gasteiger partial charge >= 0.3 is 0 Å². The van der Waals surface area contributed by atoms with Crippen LogP contribution in [0.5, 0.6) is 0 Å². The van der Waals surface area contributed by atoms with Crippen molar-refractivity contribution in [1.82, 2.24) is 10.6 Å². The lowest BCUT2D eigenvalue weighted by molar-refractivity contribution is 0.0925. The summed E-state index contributed by atoms with van der Waals surface area (Å²) in [5, 5.41) is 6.10. The number of carbonyl (C=O) groups is 1. The van der Waals surface area contributed by atoms with Crippen LogP contribution in [-0.2, 0) is 0 Å². The molecule has 1 aliphatic heterocycles. The van der Waals surface area contributed by atoms with Crippen LogP contribution >= 0.6 is 15.9 Å². The molecule has 0 atom stereocenters. The SMILES string of the molecule is O=C(NCCC1=CCNCC1)c1ccc(Br)o1. The molecule has 1 aromatic heterocycles. The topological polar surface area (TPSA) is 54.3 Å². The molecule has 0 unspecified atom stereocenters. The van der Waals surface area contributed by atoms with E-state index in [4.69, 9.17) is 4.42 Å². The first kappa shape index (κ1) is 12.4. The quantitative estimate of drug-likeness (QED) is 0.837. The van der Waals surface area contributed by atoms with Gasteiger partial charge in [-0.1, -0.05) is 11.6 Å². The lowest BCUT2D eigenvalue weighted by Gasteiger charge is -2.13. The summed E-state index contributed by atoms with van der Waals surface area (Å²) in [4.78, 5) is 11.6. The van der Waals surface area contributed by atoms with Crippen molar-refractivity contribution in [3.63, 3.8) is 0 Å². The molecule has 92 valence electrons. The summed E-state index contributed by atoms with van der Waals surface area (Å²) in [6.45, 7) is 2.63. The van der Waals surface area contributed by atoms with Crippen molar-refractivity contribution >= 4 is 21.8 Å². The van der Waals surface area contributed by atoms with E-state index in [-0.39, 0.29) is 5.91 Å². The molecule has 0 aliphatic carbocycles. The minimum Gasteiger partial charge on any atom is -0.444 e. The third kappa shape index (κ3) is 3.71. The largest absolute Gasteiger partial charge is 0.444 e. The Morgan fingerprint density at radius 2 is 2.41 bits per heavy atom. The second-order valence-electron chi connectivity index (χ2n) is 3.93. The highest BCUT2D eigenvalue weighted by molar-refractivity contribution is 9.10. The number of furan rings is 1. The fraction of sp³-hybridized carbons (Fsp3) is 0.417. The summed E-state index contributed by atoms with van der Waals surface area (Å²) in [5.74, 6) is 0.182. The van der Waals surface area contributed by atoms with Crippen molar-refractivity contribution in [2.45, 2.75) is 12.8 Å². The Bertz CT molecular complexity index is 426. The van der Waals surface area contributed by atoms with Crippen molar-refractivity contribution < 1.29 is 9.21 Å². The molecule has 0 aromatic carbocycles.